The summed E-state index contributed by atoms with van der Waals surface area (Å²) in [5, 5.41) is 0.893. The molecule has 8 nitrogen and oxygen atoms in total. The third-order valence-corrected chi connectivity index (χ3v) is 4.95. The Balaban J connectivity index is 1.74. The summed E-state index contributed by atoms with van der Waals surface area (Å²) < 4.78 is 5.41. The Labute approximate surface area is 155 Å². The van der Waals surface area contributed by atoms with Gasteiger partial charge in [0.1, 0.15) is 5.69 Å². The van der Waals surface area contributed by atoms with Gasteiger partial charge in [0.25, 0.3) is 5.91 Å². The Morgan fingerprint density at radius 2 is 1.81 bits per heavy atom. The lowest BCUT2D eigenvalue weighted by Crippen LogP contribution is -2.36. The Morgan fingerprint density at radius 3 is 2.48 bits per heavy atom. The molecule has 3 heterocycles. The number of rotatable bonds is 4. The van der Waals surface area contributed by atoms with Crippen molar-refractivity contribution in [3.63, 3.8) is 0 Å². The topological polar surface area (TPSA) is 106 Å². The number of carbonyl (C=O) groups excluding carboxylic acids is 3. The van der Waals surface area contributed by atoms with E-state index in [4.69, 9.17) is 10.5 Å². The molecule has 2 N–H and O–H groups in total. The number of benzene rings is 1. The Kier molecular flexibility index (Phi) is 4.49. The van der Waals surface area contributed by atoms with Crippen LogP contribution in [-0.4, -0.2) is 53.9 Å². The zero-order valence-corrected chi connectivity index (χ0v) is 14.8. The van der Waals surface area contributed by atoms with Crippen LogP contribution in [0.1, 0.15) is 28.9 Å². The molecule has 8 heteroatoms. The molecule has 2 aliphatic rings. The molecule has 0 saturated carbocycles. The number of likely N-dealkylation sites (tertiary alicyclic amines) is 1. The molecule has 0 spiro atoms. The highest BCUT2D eigenvalue weighted by atomic mass is 16.5. The molecule has 2 fully saturated rings. The SMILES string of the molecule is NC(=O)c1cc(N2CCOCC2)c2ccc(CN3C(=O)CCC3=O)cc2n1. The number of primary amides is 1. The van der Waals surface area contributed by atoms with Gasteiger partial charge in [-0.25, -0.2) is 4.98 Å². The van der Waals surface area contributed by atoms with Crippen molar-refractivity contribution in [2.45, 2.75) is 19.4 Å². The van der Waals surface area contributed by atoms with Gasteiger partial charge in [-0.05, 0) is 17.7 Å². The van der Waals surface area contributed by atoms with Crippen LogP contribution in [0, 0.1) is 0 Å². The quantitative estimate of drug-likeness (QED) is 0.801. The fraction of sp³-hybridized carbons (Fsp3) is 0.368. The van der Waals surface area contributed by atoms with Gasteiger partial charge in [0.2, 0.25) is 11.8 Å². The molecule has 1 aromatic carbocycles. The number of hydrogen-bond acceptors (Lipinski definition) is 6. The average Bonchev–Trinajstić information content (AvgIpc) is 2.99. The van der Waals surface area contributed by atoms with Crippen LogP contribution in [0.3, 0.4) is 0 Å². The second-order valence-electron chi connectivity index (χ2n) is 6.72. The van der Waals surface area contributed by atoms with Gasteiger partial charge < -0.3 is 15.4 Å². The fourth-order valence-corrected chi connectivity index (χ4v) is 3.53. The third-order valence-electron chi connectivity index (χ3n) is 4.95. The summed E-state index contributed by atoms with van der Waals surface area (Å²) in [6.45, 7) is 2.88. The molecule has 1 aromatic heterocycles. The van der Waals surface area contributed by atoms with Gasteiger partial charge in [0.05, 0.1) is 25.3 Å². The van der Waals surface area contributed by atoms with Gasteiger partial charge in [0.15, 0.2) is 0 Å². The van der Waals surface area contributed by atoms with Crippen molar-refractivity contribution >= 4 is 34.3 Å². The van der Waals surface area contributed by atoms with E-state index in [9.17, 15) is 14.4 Å². The molecule has 0 atom stereocenters. The van der Waals surface area contributed by atoms with Crippen LogP contribution in [-0.2, 0) is 20.9 Å². The number of pyridine rings is 1. The second kappa shape index (κ2) is 6.96. The van der Waals surface area contributed by atoms with Crippen LogP contribution in [0.25, 0.3) is 10.9 Å². The molecule has 0 radical (unpaired) electrons. The minimum Gasteiger partial charge on any atom is -0.378 e. The summed E-state index contributed by atoms with van der Waals surface area (Å²) in [5.74, 6) is -0.914. The maximum Gasteiger partial charge on any atom is 0.267 e. The van der Waals surface area contributed by atoms with Gasteiger partial charge in [-0.2, -0.15) is 0 Å². The van der Waals surface area contributed by atoms with Crippen molar-refractivity contribution in [1.29, 1.82) is 0 Å². The predicted molar refractivity (Wildman–Crippen MR) is 98.1 cm³/mol. The van der Waals surface area contributed by atoms with Crippen LogP contribution >= 0.6 is 0 Å². The standard InChI is InChI=1S/C19H20N4O4/c20-19(26)15-10-16(22-5-7-27-8-6-22)13-2-1-12(9-14(13)21-15)11-23-17(24)3-4-18(23)25/h1-2,9-10H,3-8,11H2,(H2,20,26). The number of carbonyl (C=O) groups is 3. The maximum atomic E-state index is 11.9. The lowest BCUT2D eigenvalue weighted by atomic mass is 10.1. The molecule has 4 rings (SSSR count). The second-order valence-corrected chi connectivity index (χ2v) is 6.72. The lowest BCUT2D eigenvalue weighted by molar-refractivity contribution is -0.139. The van der Waals surface area contributed by atoms with Crippen LogP contribution < -0.4 is 10.6 Å². The minimum atomic E-state index is -0.596. The Morgan fingerprint density at radius 1 is 1.11 bits per heavy atom. The first kappa shape index (κ1) is 17.4. The third kappa shape index (κ3) is 3.35. The monoisotopic (exact) mass is 368 g/mol. The molecule has 140 valence electrons. The maximum absolute atomic E-state index is 11.9. The zero-order chi connectivity index (χ0) is 19.0. The first-order valence-corrected chi connectivity index (χ1v) is 8.92. The summed E-state index contributed by atoms with van der Waals surface area (Å²) in [6, 6.07) is 7.32. The number of nitrogens with zero attached hydrogens (tertiary/aromatic N) is 3. The lowest BCUT2D eigenvalue weighted by Gasteiger charge is -2.30. The van der Waals surface area contributed by atoms with E-state index in [1.807, 2.05) is 18.2 Å². The highest BCUT2D eigenvalue weighted by molar-refractivity contribution is 6.02. The van der Waals surface area contributed by atoms with Crippen molar-refractivity contribution in [3.8, 4) is 0 Å². The molecule has 2 saturated heterocycles. The number of ether oxygens (including phenoxy) is 1. The highest BCUT2D eigenvalue weighted by Gasteiger charge is 2.28. The van der Waals surface area contributed by atoms with Crippen molar-refractivity contribution < 1.29 is 19.1 Å². The molecule has 0 unspecified atom stereocenters. The van der Waals surface area contributed by atoms with Crippen LogP contribution in [0.15, 0.2) is 24.3 Å². The molecule has 27 heavy (non-hydrogen) atoms. The number of imide groups is 1. The normalized spacial score (nSPS) is 17.8. The number of morpholine rings is 1. The first-order valence-electron chi connectivity index (χ1n) is 8.92. The zero-order valence-electron chi connectivity index (χ0n) is 14.8. The van der Waals surface area contributed by atoms with Crippen LogP contribution in [0.5, 0.6) is 0 Å². The molecule has 0 aliphatic carbocycles. The van der Waals surface area contributed by atoms with Crippen molar-refractivity contribution in [1.82, 2.24) is 9.88 Å². The Hall–Kier alpha value is -3.00. The molecule has 2 aromatic rings. The smallest absolute Gasteiger partial charge is 0.267 e. The number of amides is 3. The predicted octanol–water partition coefficient (Wildman–Crippen LogP) is 0.819. The van der Waals surface area contributed by atoms with E-state index in [-0.39, 0.29) is 36.9 Å². The van der Waals surface area contributed by atoms with E-state index in [1.54, 1.807) is 6.07 Å². The number of hydrogen-bond donors (Lipinski definition) is 1. The minimum absolute atomic E-state index is 0.159. The number of fused-ring (bicyclic) bond motifs is 1. The van der Waals surface area contributed by atoms with Gasteiger partial charge >= 0.3 is 0 Å². The van der Waals surface area contributed by atoms with Gasteiger partial charge in [0, 0.05) is 37.0 Å². The molecule has 0 bridgehead atoms. The summed E-state index contributed by atoms with van der Waals surface area (Å²) in [4.78, 5) is 43.3. The van der Waals surface area contributed by atoms with Crippen molar-refractivity contribution in [2.75, 3.05) is 31.2 Å². The molecular weight excluding hydrogens is 348 g/mol. The summed E-state index contributed by atoms with van der Waals surface area (Å²) in [6.07, 6.45) is 0.523. The van der Waals surface area contributed by atoms with Crippen molar-refractivity contribution in [3.05, 3.63) is 35.5 Å². The van der Waals surface area contributed by atoms with Crippen LogP contribution in [0.2, 0.25) is 0 Å². The number of anilines is 1. The van der Waals surface area contributed by atoms with E-state index in [2.05, 4.69) is 9.88 Å². The van der Waals surface area contributed by atoms with Gasteiger partial charge in [-0.15, -0.1) is 0 Å². The van der Waals surface area contributed by atoms with E-state index < -0.39 is 5.91 Å². The van der Waals surface area contributed by atoms with Gasteiger partial charge in [-0.1, -0.05) is 12.1 Å². The van der Waals surface area contributed by atoms with Crippen LogP contribution in [0.4, 0.5) is 5.69 Å². The first-order chi connectivity index (χ1) is 13.0. The van der Waals surface area contributed by atoms with E-state index in [0.717, 1.165) is 29.7 Å². The highest BCUT2D eigenvalue weighted by Crippen LogP contribution is 2.29. The molecule has 2 aliphatic heterocycles. The summed E-state index contributed by atoms with van der Waals surface area (Å²) >= 11 is 0. The molecular formula is C19H20N4O4. The average molecular weight is 368 g/mol. The van der Waals surface area contributed by atoms with Gasteiger partial charge in [-0.3, -0.25) is 19.3 Å². The fourth-order valence-electron chi connectivity index (χ4n) is 3.53. The van der Waals surface area contributed by atoms with E-state index in [1.165, 1.54) is 4.90 Å². The largest absolute Gasteiger partial charge is 0.378 e. The number of nitrogens with two attached hydrogens (primary N) is 1. The number of aromatic nitrogens is 1. The van der Waals surface area contributed by atoms with Crippen molar-refractivity contribution in [2.24, 2.45) is 5.73 Å². The molecule has 3 amide bonds. The summed E-state index contributed by atoms with van der Waals surface area (Å²) in [5.41, 5.74) is 7.94. The van der Waals surface area contributed by atoms with E-state index >= 15 is 0 Å². The Bertz CT molecular complexity index is 921. The summed E-state index contributed by atoms with van der Waals surface area (Å²) in [7, 11) is 0. The van der Waals surface area contributed by atoms with E-state index in [0.29, 0.717) is 18.7 Å².